The molecule has 1 aromatic heterocycles. The van der Waals surface area contributed by atoms with Gasteiger partial charge in [-0.2, -0.15) is 5.26 Å². The van der Waals surface area contributed by atoms with Crippen LogP contribution in [0.3, 0.4) is 0 Å². The van der Waals surface area contributed by atoms with E-state index in [2.05, 4.69) is 17.2 Å². The molecule has 0 atom stereocenters. The molecule has 110 valence electrons. The Morgan fingerprint density at radius 1 is 1.52 bits per heavy atom. The number of aryl methyl sites for hydroxylation is 1. The number of anilines is 1. The van der Waals surface area contributed by atoms with Crippen LogP contribution in [0.1, 0.15) is 25.3 Å². The quantitative estimate of drug-likeness (QED) is 0.684. The van der Waals surface area contributed by atoms with Crippen LogP contribution in [-0.2, 0) is 4.79 Å². The Balaban J connectivity index is 2.03. The Hall–Kier alpha value is -2.35. The predicted molar refractivity (Wildman–Crippen MR) is 81.3 cm³/mol. The first-order chi connectivity index (χ1) is 10.1. The van der Waals surface area contributed by atoms with E-state index in [0.29, 0.717) is 11.7 Å². The molecule has 1 aromatic rings. The van der Waals surface area contributed by atoms with E-state index in [1.165, 1.54) is 6.20 Å². The molecule has 0 aromatic carbocycles. The lowest BCUT2D eigenvalue weighted by Crippen LogP contribution is -2.38. The van der Waals surface area contributed by atoms with Gasteiger partial charge in [-0.3, -0.25) is 4.79 Å². The molecule has 1 N–H and O–H groups in total. The molecule has 2 rings (SSSR count). The van der Waals surface area contributed by atoms with Gasteiger partial charge in [0.1, 0.15) is 17.5 Å². The van der Waals surface area contributed by atoms with Gasteiger partial charge in [0.2, 0.25) is 0 Å². The summed E-state index contributed by atoms with van der Waals surface area (Å²) in [6.45, 7) is 5.60. The summed E-state index contributed by atoms with van der Waals surface area (Å²) in [6, 6.07) is 5.72. The minimum Gasteiger partial charge on any atom is -0.345 e. The van der Waals surface area contributed by atoms with Crippen molar-refractivity contribution in [3.63, 3.8) is 0 Å². The average molecular weight is 284 g/mol. The first-order valence-corrected chi connectivity index (χ1v) is 7.19. The topological polar surface area (TPSA) is 69.0 Å². The van der Waals surface area contributed by atoms with Gasteiger partial charge >= 0.3 is 0 Å². The Morgan fingerprint density at radius 3 is 2.86 bits per heavy atom. The molecule has 1 amide bonds. The van der Waals surface area contributed by atoms with Gasteiger partial charge in [0.25, 0.3) is 5.91 Å². The molecule has 0 spiro atoms. The van der Waals surface area contributed by atoms with Crippen molar-refractivity contribution in [1.82, 2.24) is 9.88 Å². The van der Waals surface area contributed by atoms with Crippen LogP contribution in [0.15, 0.2) is 30.1 Å². The van der Waals surface area contributed by atoms with E-state index in [9.17, 15) is 10.1 Å². The highest BCUT2D eigenvalue weighted by Gasteiger charge is 2.22. The van der Waals surface area contributed by atoms with Gasteiger partial charge in [0.05, 0.1) is 0 Å². The molecule has 2 heterocycles. The van der Waals surface area contributed by atoms with Gasteiger partial charge in [0.15, 0.2) is 0 Å². The highest BCUT2D eigenvalue weighted by atomic mass is 16.2. The zero-order valence-electron chi connectivity index (χ0n) is 12.5. The number of pyridine rings is 1. The highest BCUT2D eigenvalue weighted by molar-refractivity contribution is 5.97. The largest absolute Gasteiger partial charge is 0.345 e. The number of hydrogen-bond acceptors (Lipinski definition) is 4. The number of piperidine rings is 1. The molecule has 1 aliphatic rings. The summed E-state index contributed by atoms with van der Waals surface area (Å²) in [5.41, 5.74) is 1.18. The summed E-state index contributed by atoms with van der Waals surface area (Å²) >= 11 is 0. The molecule has 0 saturated carbocycles. The van der Waals surface area contributed by atoms with Crippen molar-refractivity contribution < 1.29 is 4.79 Å². The second kappa shape index (κ2) is 6.89. The number of nitrogens with zero attached hydrogens (tertiary/aromatic N) is 3. The molecular weight excluding hydrogens is 264 g/mol. The molecule has 1 saturated heterocycles. The SMILES string of the molecule is Cc1ccnc(N/C=C(/C#N)C(=O)N2CCC(C)CC2)c1. The molecule has 21 heavy (non-hydrogen) atoms. The van der Waals surface area contributed by atoms with Crippen LogP contribution in [0.25, 0.3) is 0 Å². The van der Waals surface area contributed by atoms with Crippen LogP contribution >= 0.6 is 0 Å². The van der Waals surface area contributed by atoms with E-state index < -0.39 is 0 Å². The summed E-state index contributed by atoms with van der Waals surface area (Å²) in [5, 5.41) is 12.1. The number of rotatable bonds is 3. The van der Waals surface area contributed by atoms with Gasteiger partial charge < -0.3 is 10.2 Å². The minimum absolute atomic E-state index is 0.118. The first-order valence-electron chi connectivity index (χ1n) is 7.19. The van der Waals surface area contributed by atoms with Crippen molar-refractivity contribution in [3.8, 4) is 6.07 Å². The maximum Gasteiger partial charge on any atom is 0.266 e. The summed E-state index contributed by atoms with van der Waals surface area (Å²) in [7, 11) is 0. The normalized spacial score (nSPS) is 16.4. The minimum atomic E-state index is -0.204. The lowest BCUT2D eigenvalue weighted by atomic mass is 9.99. The van der Waals surface area contributed by atoms with Crippen molar-refractivity contribution in [2.75, 3.05) is 18.4 Å². The van der Waals surface area contributed by atoms with Crippen LogP contribution in [0, 0.1) is 24.2 Å². The number of aromatic nitrogens is 1. The lowest BCUT2D eigenvalue weighted by molar-refractivity contribution is -0.128. The summed E-state index contributed by atoms with van der Waals surface area (Å²) in [4.78, 5) is 18.2. The third-order valence-corrected chi connectivity index (χ3v) is 3.70. The number of carbonyl (C=O) groups excluding carboxylic acids is 1. The second-order valence-electron chi connectivity index (χ2n) is 5.51. The lowest BCUT2D eigenvalue weighted by Gasteiger charge is -2.30. The summed E-state index contributed by atoms with van der Waals surface area (Å²) < 4.78 is 0. The number of nitriles is 1. The van der Waals surface area contributed by atoms with E-state index in [1.54, 1.807) is 11.1 Å². The molecule has 0 bridgehead atoms. The standard InChI is InChI=1S/C16H20N4O/c1-12-4-7-20(8-5-12)16(21)14(10-17)11-19-15-9-13(2)3-6-18-15/h3,6,9,11-12H,4-5,7-8H2,1-2H3,(H,18,19)/b14-11-. The predicted octanol–water partition coefficient (Wildman–Crippen LogP) is 2.47. The molecule has 0 aliphatic carbocycles. The third kappa shape index (κ3) is 4.06. The van der Waals surface area contributed by atoms with Gasteiger partial charge in [-0.05, 0) is 43.4 Å². The monoisotopic (exact) mass is 284 g/mol. The van der Waals surface area contributed by atoms with Gasteiger partial charge in [-0.1, -0.05) is 6.92 Å². The molecule has 5 heteroatoms. The zero-order chi connectivity index (χ0) is 15.2. The van der Waals surface area contributed by atoms with Crippen molar-refractivity contribution in [3.05, 3.63) is 35.7 Å². The van der Waals surface area contributed by atoms with Gasteiger partial charge in [-0.25, -0.2) is 4.98 Å². The van der Waals surface area contributed by atoms with Crippen molar-refractivity contribution in [2.45, 2.75) is 26.7 Å². The number of hydrogen-bond donors (Lipinski definition) is 1. The van der Waals surface area contributed by atoms with E-state index in [0.717, 1.165) is 31.5 Å². The Bertz CT molecular complexity index is 580. The molecule has 1 fully saturated rings. The highest BCUT2D eigenvalue weighted by Crippen LogP contribution is 2.17. The Kier molecular flexibility index (Phi) is 4.94. The fourth-order valence-corrected chi connectivity index (χ4v) is 2.29. The fraction of sp³-hybridized carbons (Fsp3) is 0.438. The van der Waals surface area contributed by atoms with Crippen LogP contribution in [-0.4, -0.2) is 28.9 Å². The van der Waals surface area contributed by atoms with Crippen LogP contribution < -0.4 is 5.32 Å². The number of carbonyl (C=O) groups is 1. The van der Waals surface area contributed by atoms with Crippen molar-refractivity contribution in [2.24, 2.45) is 5.92 Å². The van der Waals surface area contributed by atoms with Crippen LogP contribution in [0.4, 0.5) is 5.82 Å². The number of amides is 1. The number of likely N-dealkylation sites (tertiary alicyclic amines) is 1. The maximum atomic E-state index is 12.3. The van der Waals surface area contributed by atoms with E-state index in [1.807, 2.05) is 25.1 Å². The maximum absolute atomic E-state index is 12.3. The average Bonchev–Trinajstić information content (AvgIpc) is 2.48. The Labute approximate surface area is 125 Å². The molecule has 0 radical (unpaired) electrons. The Morgan fingerprint density at radius 2 is 2.24 bits per heavy atom. The molecule has 0 unspecified atom stereocenters. The van der Waals surface area contributed by atoms with Crippen LogP contribution in [0.2, 0.25) is 0 Å². The van der Waals surface area contributed by atoms with E-state index in [4.69, 9.17) is 0 Å². The van der Waals surface area contributed by atoms with Gasteiger partial charge in [-0.15, -0.1) is 0 Å². The van der Waals surface area contributed by atoms with Gasteiger partial charge in [0, 0.05) is 25.5 Å². The number of nitrogens with one attached hydrogen (secondary N) is 1. The first kappa shape index (κ1) is 15.0. The smallest absolute Gasteiger partial charge is 0.266 e. The van der Waals surface area contributed by atoms with E-state index >= 15 is 0 Å². The van der Waals surface area contributed by atoms with Crippen molar-refractivity contribution in [1.29, 1.82) is 5.26 Å². The van der Waals surface area contributed by atoms with Crippen LogP contribution in [0.5, 0.6) is 0 Å². The third-order valence-electron chi connectivity index (χ3n) is 3.70. The molecule has 1 aliphatic heterocycles. The summed E-state index contributed by atoms with van der Waals surface area (Å²) in [6.07, 6.45) is 5.13. The van der Waals surface area contributed by atoms with E-state index in [-0.39, 0.29) is 11.5 Å². The molecule has 5 nitrogen and oxygen atoms in total. The fourth-order valence-electron chi connectivity index (χ4n) is 2.29. The second-order valence-corrected chi connectivity index (χ2v) is 5.51. The zero-order valence-corrected chi connectivity index (χ0v) is 12.5. The van der Waals surface area contributed by atoms with Crippen molar-refractivity contribution >= 4 is 11.7 Å². The molecular formula is C16H20N4O. The summed E-state index contributed by atoms with van der Waals surface area (Å²) in [5.74, 6) is 1.07.